The lowest BCUT2D eigenvalue weighted by atomic mass is 10.1. The van der Waals surface area contributed by atoms with E-state index in [4.69, 9.17) is 0 Å². The van der Waals surface area contributed by atoms with E-state index < -0.39 is 0 Å². The number of aryl methyl sites for hydroxylation is 1. The van der Waals surface area contributed by atoms with Crippen molar-refractivity contribution in [3.8, 4) is 0 Å². The van der Waals surface area contributed by atoms with E-state index in [-0.39, 0.29) is 30.7 Å². The average molecular weight is 452 g/mol. The van der Waals surface area contributed by atoms with Crippen LogP contribution in [0, 0.1) is 0 Å². The summed E-state index contributed by atoms with van der Waals surface area (Å²) in [5.74, 6) is 0.214. The molecule has 0 saturated heterocycles. The third-order valence-electron chi connectivity index (χ3n) is 5.50. The number of anilines is 1. The first kappa shape index (κ1) is 26.4. The zero-order valence-electron chi connectivity index (χ0n) is 18.0. The molecular formula is C24H35Cl2N3O. The fourth-order valence-corrected chi connectivity index (χ4v) is 3.84. The zero-order chi connectivity index (χ0) is 19.8. The Bertz CT molecular complexity index is 755. The molecule has 30 heavy (non-hydrogen) atoms. The Morgan fingerprint density at radius 3 is 2.40 bits per heavy atom. The lowest BCUT2D eigenvalue weighted by Gasteiger charge is -2.28. The maximum Gasteiger partial charge on any atom is 0.227 e. The Hall–Kier alpha value is -1.59. The summed E-state index contributed by atoms with van der Waals surface area (Å²) in [6.07, 6.45) is 2.32. The van der Waals surface area contributed by atoms with E-state index in [1.54, 1.807) is 0 Å². The third-order valence-corrected chi connectivity index (χ3v) is 5.50. The van der Waals surface area contributed by atoms with Crippen molar-refractivity contribution in [3.63, 3.8) is 0 Å². The monoisotopic (exact) mass is 451 g/mol. The van der Waals surface area contributed by atoms with Crippen LogP contribution in [0.25, 0.3) is 0 Å². The van der Waals surface area contributed by atoms with Crippen LogP contribution >= 0.6 is 24.8 Å². The number of benzene rings is 2. The summed E-state index contributed by atoms with van der Waals surface area (Å²) in [4.78, 5) is 17.7. The van der Waals surface area contributed by atoms with Crippen LogP contribution in [0.5, 0.6) is 0 Å². The van der Waals surface area contributed by atoms with Crippen molar-refractivity contribution in [3.05, 3.63) is 65.7 Å². The third kappa shape index (κ3) is 7.59. The highest BCUT2D eigenvalue weighted by Gasteiger charge is 2.20. The van der Waals surface area contributed by atoms with Crippen molar-refractivity contribution in [2.24, 2.45) is 0 Å². The molecule has 0 bridgehead atoms. The second-order valence-corrected chi connectivity index (χ2v) is 7.82. The summed E-state index contributed by atoms with van der Waals surface area (Å²) in [5, 5.41) is 3.56. The average Bonchev–Trinajstić information content (AvgIpc) is 2.75. The summed E-state index contributed by atoms with van der Waals surface area (Å²) < 4.78 is 0. The Morgan fingerprint density at radius 2 is 1.67 bits per heavy atom. The number of carbonyl (C=O) groups is 1. The van der Waals surface area contributed by atoms with Gasteiger partial charge in [0.05, 0.1) is 0 Å². The second-order valence-electron chi connectivity index (χ2n) is 7.82. The molecule has 0 radical (unpaired) electrons. The van der Waals surface area contributed by atoms with Gasteiger partial charge in [0.1, 0.15) is 0 Å². The molecule has 0 aromatic heterocycles. The highest BCUT2D eigenvalue weighted by Crippen LogP contribution is 2.23. The lowest BCUT2D eigenvalue weighted by Crippen LogP contribution is -2.38. The highest BCUT2D eigenvalue weighted by molar-refractivity contribution is 5.94. The molecule has 0 saturated carbocycles. The molecule has 0 fully saturated rings. The van der Waals surface area contributed by atoms with Crippen LogP contribution in [0.4, 0.5) is 5.69 Å². The van der Waals surface area contributed by atoms with Crippen molar-refractivity contribution in [2.75, 3.05) is 31.1 Å². The predicted octanol–water partition coefficient (Wildman–Crippen LogP) is 4.70. The van der Waals surface area contributed by atoms with Crippen LogP contribution in [0.2, 0.25) is 0 Å². The minimum Gasteiger partial charge on any atom is -0.312 e. The van der Waals surface area contributed by atoms with Gasteiger partial charge in [-0.15, -0.1) is 24.8 Å². The molecule has 1 heterocycles. The summed E-state index contributed by atoms with van der Waals surface area (Å²) >= 11 is 0. The molecule has 3 rings (SSSR count). The highest BCUT2D eigenvalue weighted by atomic mass is 35.5. The van der Waals surface area contributed by atoms with Crippen molar-refractivity contribution in [1.29, 1.82) is 0 Å². The standard InChI is InChI=1S/C24H33N3O.2ClH/c1-20(2)26-16-8-17-27(24(28)14-13-21-9-4-3-5-10-21)23-12-7-6-11-22(23)19-25-15-18-26;;/h3-7,9-12,20,25H,8,13-19H2,1-2H3;2*1H. The number of nitrogens with one attached hydrogen (secondary N) is 1. The fraction of sp³-hybridized carbons (Fsp3) is 0.458. The van der Waals surface area contributed by atoms with E-state index in [0.717, 1.165) is 51.3 Å². The van der Waals surface area contributed by atoms with Gasteiger partial charge in [-0.3, -0.25) is 9.69 Å². The van der Waals surface area contributed by atoms with Crippen LogP contribution < -0.4 is 10.2 Å². The SMILES string of the molecule is CC(C)N1CCCN(C(=O)CCc2ccccc2)c2ccccc2CNCC1.Cl.Cl. The van der Waals surface area contributed by atoms with E-state index in [9.17, 15) is 4.79 Å². The summed E-state index contributed by atoms with van der Waals surface area (Å²) in [7, 11) is 0. The first-order valence-electron chi connectivity index (χ1n) is 10.5. The summed E-state index contributed by atoms with van der Waals surface area (Å²) in [5.41, 5.74) is 3.48. The van der Waals surface area contributed by atoms with Crippen LogP contribution in [0.3, 0.4) is 0 Å². The topological polar surface area (TPSA) is 35.6 Å². The molecule has 0 aliphatic carbocycles. The molecule has 0 atom stereocenters. The van der Waals surface area contributed by atoms with Gasteiger partial charge in [-0.1, -0.05) is 48.5 Å². The Labute approximate surface area is 193 Å². The lowest BCUT2D eigenvalue weighted by molar-refractivity contribution is -0.118. The number of nitrogens with zero attached hydrogens (tertiary/aromatic N) is 2. The predicted molar refractivity (Wildman–Crippen MR) is 131 cm³/mol. The second kappa shape index (κ2) is 13.7. The van der Waals surface area contributed by atoms with Gasteiger partial charge in [-0.2, -0.15) is 0 Å². The molecule has 166 valence electrons. The normalized spacial score (nSPS) is 15.4. The quantitative estimate of drug-likeness (QED) is 0.731. The Morgan fingerprint density at radius 1 is 0.967 bits per heavy atom. The molecule has 1 N–H and O–H groups in total. The maximum absolute atomic E-state index is 13.2. The molecule has 1 aliphatic heterocycles. The van der Waals surface area contributed by atoms with Gasteiger partial charge in [0.2, 0.25) is 5.91 Å². The Kier molecular flexibility index (Phi) is 12.0. The first-order chi connectivity index (χ1) is 13.6. The number of rotatable bonds is 4. The number of hydrogen-bond donors (Lipinski definition) is 1. The molecule has 4 nitrogen and oxygen atoms in total. The molecule has 6 heteroatoms. The van der Waals surface area contributed by atoms with Gasteiger partial charge < -0.3 is 10.2 Å². The van der Waals surface area contributed by atoms with Crippen LogP contribution in [0.1, 0.15) is 37.8 Å². The van der Waals surface area contributed by atoms with Gasteiger partial charge in [-0.25, -0.2) is 0 Å². The minimum absolute atomic E-state index is 0. The molecule has 1 amide bonds. The van der Waals surface area contributed by atoms with Crippen LogP contribution in [-0.2, 0) is 17.8 Å². The number of fused-ring (bicyclic) bond motifs is 1. The number of carbonyl (C=O) groups excluding carboxylic acids is 1. The van der Waals surface area contributed by atoms with E-state index in [0.29, 0.717) is 12.5 Å². The van der Waals surface area contributed by atoms with Crippen molar-refractivity contribution >= 4 is 36.4 Å². The van der Waals surface area contributed by atoms with E-state index in [2.05, 4.69) is 54.4 Å². The first-order valence-corrected chi connectivity index (χ1v) is 10.5. The van der Waals surface area contributed by atoms with Gasteiger partial charge in [0.25, 0.3) is 0 Å². The van der Waals surface area contributed by atoms with E-state index in [1.807, 2.05) is 29.2 Å². The number of para-hydroxylation sites is 1. The molecular weight excluding hydrogens is 417 g/mol. The van der Waals surface area contributed by atoms with Crippen LogP contribution in [0.15, 0.2) is 54.6 Å². The van der Waals surface area contributed by atoms with Gasteiger partial charge in [0.15, 0.2) is 0 Å². The number of amides is 1. The van der Waals surface area contributed by atoms with Crippen LogP contribution in [-0.4, -0.2) is 43.0 Å². The molecule has 0 spiro atoms. The molecule has 2 aromatic rings. The Balaban J connectivity index is 0.00000225. The van der Waals surface area contributed by atoms with E-state index in [1.165, 1.54) is 11.1 Å². The molecule has 0 unspecified atom stereocenters. The van der Waals surface area contributed by atoms with Crippen molar-refractivity contribution in [1.82, 2.24) is 10.2 Å². The summed E-state index contributed by atoms with van der Waals surface area (Å²) in [6.45, 7) is 9.09. The van der Waals surface area contributed by atoms with Crippen molar-refractivity contribution in [2.45, 2.75) is 45.7 Å². The molecule has 2 aromatic carbocycles. The fourth-order valence-electron chi connectivity index (χ4n) is 3.84. The van der Waals surface area contributed by atoms with Crippen molar-refractivity contribution < 1.29 is 4.79 Å². The number of halogens is 2. The molecule has 1 aliphatic rings. The van der Waals surface area contributed by atoms with E-state index >= 15 is 0 Å². The smallest absolute Gasteiger partial charge is 0.227 e. The maximum atomic E-state index is 13.2. The minimum atomic E-state index is 0. The zero-order valence-corrected chi connectivity index (χ0v) is 19.7. The summed E-state index contributed by atoms with van der Waals surface area (Å²) in [6, 6.07) is 19.1. The number of hydrogen-bond acceptors (Lipinski definition) is 3. The largest absolute Gasteiger partial charge is 0.312 e. The van der Waals surface area contributed by atoms with Gasteiger partial charge in [0, 0.05) is 50.9 Å². The van der Waals surface area contributed by atoms with Gasteiger partial charge >= 0.3 is 0 Å². The van der Waals surface area contributed by atoms with Gasteiger partial charge in [-0.05, 0) is 43.9 Å².